The highest BCUT2D eigenvalue weighted by Crippen LogP contribution is 2.33. The van der Waals surface area contributed by atoms with Crippen LogP contribution in [0.15, 0.2) is 66.9 Å². The minimum atomic E-state index is -1.39. The van der Waals surface area contributed by atoms with Crippen LogP contribution in [0.1, 0.15) is 37.5 Å². The van der Waals surface area contributed by atoms with E-state index in [-0.39, 0.29) is 0 Å². The van der Waals surface area contributed by atoms with Gasteiger partial charge in [-0.05, 0) is 66.1 Å². The molecule has 0 bridgehead atoms. The number of benzene rings is 3. The van der Waals surface area contributed by atoms with Gasteiger partial charge < -0.3 is 0 Å². The van der Waals surface area contributed by atoms with E-state index in [1.54, 1.807) is 5.19 Å². The number of rotatable bonds is 6. The SMILES string of the molecule is CC[Si](CC)(CC)c1ccc2c(-c3ccc(-c4c(C)cccc4C)cc3C)[n+](C)ccc2c1. The lowest BCUT2D eigenvalue weighted by molar-refractivity contribution is -0.659. The summed E-state index contributed by atoms with van der Waals surface area (Å²) >= 11 is 0. The quantitative estimate of drug-likeness (QED) is 0.209. The minimum Gasteiger partial charge on any atom is -0.200 e. The number of fused-ring (bicyclic) bond motifs is 1. The van der Waals surface area contributed by atoms with E-state index in [2.05, 4.69) is 120 Å². The van der Waals surface area contributed by atoms with Gasteiger partial charge in [0.1, 0.15) is 7.05 Å². The first-order chi connectivity index (χ1) is 15.8. The maximum absolute atomic E-state index is 2.50. The van der Waals surface area contributed by atoms with Crippen molar-refractivity contribution in [3.05, 3.63) is 83.6 Å². The molecule has 0 aliphatic rings. The van der Waals surface area contributed by atoms with Gasteiger partial charge in [-0.3, -0.25) is 0 Å². The molecule has 0 fully saturated rings. The van der Waals surface area contributed by atoms with Crippen molar-refractivity contribution in [1.82, 2.24) is 0 Å². The molecule has 1 nitrogen and oxygen atoms in total. The van der Waals surface area contributed by atoms with Gasteiger partial charge in [0.25, 0.3) is 0 Å². The Balaban J connectivity index is 1.87. The van der Waals surface area contributed by atoms with Gasteiger partial charge in [-0.25, -0.2) is 4.57 Å². The van der Waals surface area contributed by atoms with Crippen molar-refractivity contribution in [2.24, 2.45) is 7.05 Å². The van der Waals surface area contributed by atoms with Gasteiger partial charge in [-0.2, -0.15) is 0 Å². The fourth-order valence-electron chi connectivity index (χ4n) is 5.75. The second kappa shape index (κ2) is 9.27. The van der Waals surface area contributed by atoms with E-state index in [1.165, 1.54) is 68.0 Å². The molecule has 170 valence electrons. The first-order valence-electron chi connectivity index (χ1n) is 12.5. The molecule has 0 saturated heterocycles. The molecular weight excluding hydrogens is 414 g/mol. The van der Waals surface area contributed by atoms with Gasteiger partial charge in [0.05, 0.1) is 13.5 Å². The zero-order valence-electron chi connectivity index (χ0n) is 21.4. The third-order valence-electron chi connectivity index (χ3n) is 8.03. The molecule has 0 aliphatic heterocycles. The summed E-state index contributed by atoms with van der Waals surface area (Å²) in [6.45, 7) is 13.8. The van der Waals surface area contributed by atoms with Crippen molar-refractivity contribution in [3.8, 4) is 22.4 Å². The second-order valence-corrected chi connectivity index (χ2v) is 15.0. The molecule has 1 heterocycles. The predicted molar refractivity (Wildman–Crippen MR) is 147 cm³/mol. The van der Waals surface area contributed by atoms with Crippen LogP contribution >= 0.6 is 0 Å². The predicted octanol–water partition coefficient (Wildman–Crippen LogP) is 7.64. The van der Waals surface area contributed by atoms with E-state index >= 15 is 0 Å². The Morgan fingerprint density at radius 1 is 0.727 bits per heavy atom. The van der Waals surface area contributed by atoms with E-state index in [0.29, 0.717) is 0 Å². The molecular formula is C31H38NSi+. The molecule has 0 atom stereocenters. The molecule has 33 heavy (non-hydrogen) atoms. The van der Waals surface area contributed by atoms with Gasteiger partial charge >= 0.3 is 0 Å². The average Bonchev–Trinajstić information content (AvgIpc) is 2.81. The highest BCUT2D eigenvalue weighted by Gasteiger charge is 2.29. The van der Waals surface area contributed by atoms with Crippen LogP contribution in [0, 0.1) is 20.8 Å². The van der Waals surface area contributed by atoms with Crippen LogP contribution in [0.4, 0.5) is 0 Å². The second-order valence-electron chi connectivity index (χ2n) is 9.71. The van der Waals surface area contributed by atoms with E-state index in [9.17, 15) is 0 Å². The topological polar surface area (TPSA) is 3.88 Å². The van der Waals surface area contributed by atoms with Crippen molar-refractivity contribution < 1.29 is 4.57 Å². The minimum absolute atomic E-state index is 1.31. The van der Waals surface area contributed by atoms with Crippen molar-refractivity contribution in [3.63, 3.8) is 0 Å². The van der Waals surface area contributed by atoms with Crippen LogP contribution in [-0.2, 0) is 7.05 Å². The van der Waals surface area contributed by atoms with E-state index in [0.717, 1.165) is 0 Å². The van der Waals surface area contributed by atoms with Crippen LogP contribution in [0.5, 0.6) is 0 Å². The first kappa shape index (κ1) is 23.4. The fourth-order valence-corrected chi connectivity index (χ4v) is 9.38. The van der Waals surface area contributed by atoms with Gasteiger partial charge in [-0.15, -0.1) is 0 Å². The summed E-state index contributed by atoms with van der Waals surface area (Å²) in [7, 11) is 0.777. The summed E-state index contributed by atoms with van der Waals surface area (Å²) in [6.07, 6.45) is 2.23. The maximum Gasteiger partial charge on any atom is 0.220 e. The number of aryl methyl sites for hydroxylation is 4. The zero-order chi connectivity index (χ0) is 23.8. The van der Waals surface area contributed by atoms with Crippen LogP contribution in [0.25, 0.3) is 33.2 Å². The normalized spacial score (nSPS) is 11.8. The summed E-state index contributed by atoms with van der Waals surface area (Å²) in [5, 5.41) is 4.33. The third kappa shape index (κ3) is 4.06. The average molecular weight is 453 g/mol. The van der Waals surface area contributed by atoms with E-state index in [4.69, 9.17) is 0 Å². The summed E-state index contributed by atoms with van der Waals surface area (Å²) < 4.78 is 2.28. The Morgan fingerprint density at radius 3 is 2.00 bits per heavy atom. The maximum atomic E-state index is 2.50. The highest BCUT2D eigenvalue weighted by molar-refractivity contribution is 6.91. The number of hydrogen-bond acceptors (Lipinski definition) is 0. The van der Waals surface area contributed by atoms with Crippen LogP contribution < -0.4 is 9.75 Å². The molecule has 1 aromatic heterocycles. The molecule has 4 rings (SSSR count). The molecule has 0 amide bonds. The van der Waals surface area contributed by atoms with Crippen molar-refractivity contribution >= 4 is 24.0 Å². The monoisotopic (exact) mass is 452 g/mol. The molecule has 0 saturated carbocycles. The van der Waals surface area contributed by atoms with Gasteiger partial charge in [0.15, 0.2) is 6.20 Å². The van der Waals surface area contributed by atoms with Gasteiger partial charge in [0.2, 0.25) is 5.69 Å². The van der Waals surface area contributed by atoms with Crippen molar-refractivity contribution in [2.75, 3.05) is 0 Å². The standard InChI is InChI=1S/C31H38NSi/c1-8-33(9-2,10-3)27-15-17-29-25(21-27)18-19-32(7)31(29)28-16-14-26(20-24(28)6)30-22(4)12-11-13-23(30)5/h11-21H,8-10H2,1-7H3/q+1. The summed E-state index contributed by atoms with van der Waals surface area (Å²) in [5.74, 6) is 0. The Kier molecular flexibility index (Phi) is 6.58. The lowest BCUT2D eigenvalue weighted by atomic mass is 9.92. The summed E-state index contributed by atoms with van der Waals surface area (Å²) in [4.78, 5) is 0. The molecule has 0 radical (unpaired) electrons. The van der Waals surface area contributed by atoms with Crippen LogP contribution in [0.2, 0.25) is 18.1 Å². The number of hydrogen-bond donors (Lipinski definition) is 0. The summed E-state index contributed by atoms with van der Waals surface area (Å²) in [6, 6.07) is 27.1. The molecule has 0 N–H and O–H groups in total. The fraction of sp³-hybridized carbons (Fsp3) is 0.323. The largest absolute Gasteiger partial charge is 0.220 e. The molecule has 0 spiro atoms. The van der Waals surface area contributed by atoms with Crippen molar-refractivity contribution in [2.45, 2.75) is 59.7 Å². The van der Waals surface area contributed by atoms with Crippen LogP contribution in [-0.4, -0.2) is 8.07 Å². The summed E-state index contributed by atoms with van der Waals surface area (Å²) in [5.41, 5.74) is 9.28. The molecule has 3 aromatic carbocycles. The zero-order valence-corrected chi connectivity index (χ0v) is 22.4. The molecule has 0 aliphatic carbocycles. The van der Waals surface area contributed by atoms with Gasteiger partial charge in [-0.1, -0.05) is 86.6 Å². The Morgan fingerprint density at radius 2 is 1.39 bits per heavy atom. The Hall–Kier alpha value is -2.71. The highest BCUT2D eigenvalue weighted by atomic mass is 28.3. The molecule has 0 unspecified atom stereocenters. The Labute approximate surface area is 201 Å². The van der Waals surface area contributed by atoms with Crippen molar-refractivity contribution in [1.29, 1.82) is 0 Å². The third-order valence-corrected chi connectivity index (χ3v) is 13.6. The smallest absolute Gasteiger partial charge is 0.200 e. The lowest BCUT2D eigenvalue weighted by Crippen LogP contribution is -2.45. The first-order valence-corrected chi connectivity index (χ1v) is 15.1. The van der Waals surface area contributed by atoms with Gasteiger partial charge in [0, 0.05) is 11.6 Å². The number of aromatic nitrogens is 1. The molecule has 4 aromatic rings. The lowest BCUT2D eigenvalue weighted by Gasteiger charge is -2.29. The number of pyridine rings is 1. The van der Waals surface area contributed by atoms with E-state index < -0.39 is 8.07 Å². The Bertz CT molecular complexity index is 1290. The number of nitrogens with zero attached hydrogens (tertiary/aromatic N) is 1. The molecule has 2 heteroatoms. The van der Waals surface area contributed by atoms with E-state index in [1.807, 2.05) is 0 Å². The van der Waals surface area contributed by atoms with Crippen LogP contribution in [0.3, 0.4) is 0 Å².